The second-order valence-electron chi connectivity index (χ2n) is 4.84. The van der Waals surface area contributed by atoms with Gasteiger partial charge in [0.15, 0.2) is 0 Å². The van der Waals surface area contributed by atoms with Crippen LogP contribution in [0.15, 0.2) is 29.2 Å². The van der Waals surface area contributed by atoms with E-state index >= 15 is 0 Å². The van der Waals surface area contributed by atoms with Crippen LogP contribution < -0.4 is 4.74 Å². The average Bonchev–Trinajstić information content (AvgIpc) is 2.75. The standard InChI is InChI=1S/C14H17Cl2N3O3S/c1-4-22-10-5-7-11(8-6-10)23(20,21)18(2)9-12-13(15)14(16)19(3)17-12/h5-8H,4,9H2,1-3H3. The molecule has 0 aliphatic rings. The highest BCUT2D eigenvalue weighted by molar-refractivity contribution is 7.89. The molecule has 0 aliphatic carbocycles. The molecule has 0 aliphatic heterocycles. The van der Waals surface area contributed by atoms with Crippen molar-refractivity contribution in [2.45, 2.75) is 18.4 Å². The highest BCUT2D eigenvalue weighted by atomic mass is 35.5. The van der Waals surface area contributed by atoms with Gasteiger partial charge in [-0.15, -0.1) is 0 Å². The molecule has 23 heavy (non-hydrogen) atoms. The normalized spacial score (nSPS) is 11.9. The zero-order valence-corrected chi connectivity index (χ0v) is 15.3. The van der Waals surface area contributed by atoms with Crippen molar-refractivity contribution in [2.75, 3.05) is 13.7 Å². The van der Waals surface area contributed by atoms with Gasteiger partial charge in [-0.05, 0) is 31.2 Å². The molecule has 0 bridgehead atoms. The molecule has 6 nitrogen and oxygen atoms in total. The van der Waals surface area contributed by atoms with E-state index in [2.05, 4.69) is 5.10 Å². The van der Waals surface area contributed by atoms with Crippen molar-refractivity contribution in [3.05, 3.63) is 40.1 Å². The van der Waals surface area contributed by atoms with E-state index in [0.29, 0.717) is 18.1 Å². The monoisotopic (exact) mass is 377 g/mol. The summed E-state index contributed by atoms with van der Waals surface area (Å²) in [6.07, 6.45) is 0. The van der Waals surface area contributed by atoms with Crippen molar-refractivity contribution < 1.29 is 13.2 Å². The van der Waals surface area contributed by atoms with Gasteiger partial charge >= 0.3 is 0 Å². The minimum Gasteiger partial charge on any atom is -0.494 e. The molecule has 0 unspecified atom stereocenters. The molecule has 0 N–H and O–H groups in total. The first-order chi connectivity index (χ1) is 10.8. The molecular formula is C14H17Cl2N3O3S. The van der Waals surface area contributed by atoms with Gasteiger partial charge < -0.3 is 4.74 Å². The summed E-state index contributed by atoms with van der Waals surface area (Å²) in [6.45, 7) is 2.40. The number of ether oxygens (including phenoxy) is 1. The second kappa shape index (κ2) is 7.09. The van der Waals surface area contributed by atoms with Crippen LogP contribution in [0.3, 0.4) is 0 Å². The molecule has 1 heterocycles. The second-order valence-corrected chi connectivity index (χ2v) is 7.62. The lowest BCUT2D eigenvalue weighted by Gasteiger charge is -2.16. The molecule has 2 aromatic rings. The van der Waals surface area contributed by atoms with Crippen LogP contribution in [0, 0.1) is 0 Å². The Morgan fingerprint density at radius 2 is 1.87 bits per heavy atom. The van der Waals surface area contributed by atoms with E-state index in [-0.39, 0.29) is 21.6 Å². The van der Waals surface area contributed by atoms with Crippen molar-refractivity contribution in [1.82, 2.24) is 14.1 Å². The molecule has 2 rings (SSSR count). The summed E-state index contributed by atoms with van der Waals surface area (Å²) >= 11 is 12.0. The average molecular weight is 378 g/mol. The van der Waals surface area contributed by atoms with Crippen molar-refractivity contribution in [2.24, 2.45) is 7.05 Å². The Morgan fingerprint density at radius 3 is 2.35 bits per heavy atom. The first-order valence-electron chi connectivity index (χ1n) is 6.83. The summed E-state index contributed by atoms with van der Waals surface area (Å²) in [7, 11) is -0.562. The Kier molecular flexibility index (Phi) is 5.57. The van der Waals surface area contributed by atoms with Gasteiger partial charge in [0.05, 0.1) is 23.7 Å². The van der Waals surface area contributed by atoms with Gasteiger partial charge in [-0.3, -0.25) is 4.68 Å². The Bertz CT molecular complexity index is 788. The lowest BCUT2D eigenvalue weighted by Crippen LogP contribution is -2.26. The van der Waals surface area contributed by atoms with E-state index in [1.54, 1.807) is 19.2 Å². The minimum atomic E-state index is -3.66. The third-order valence-corrected chi connectivity index (χ3v) is 5.95. The topological polar surface area (TPSA) is 64.4 Å². The molecule has 0 saturated heterocycles. The van der Waals surface area contributed by atoms with Crippen molar-refractivity contribution in [3.63, 3.8) is 0 Å². The van der Waals surface area contributed by atoms with Gasteiger partial charge in [-0.25, -0.2) is 8.42 Å². The Morgan fingerprint density at radius 1 is 1.26 bits per heavy atom. The van der Waals surface area contributed by atoms with E-state index in [1.165, 1.54) is 28.2 Å². The maximum absolute atomic E-state index is 12.6. The maximum Gasteiger partial charge on any atom is 0.243 e. The van der Waals surface area contributed by atoms with Gasteiger partial charge in [0.1, 0.15) is 15.9 Å². The summed E-state index contributed by atoms with van der Waals surface area (Å²) in [6, 6.07) is 6.25. The highest BCUT2D eigenvalue weighted by Crippen LogP contribution is 2.27. The molecule has 0 radical (unpaired) electrons. The largest absolute Gasteiger partial charge is 0.494 e. The number of rotatable bonds is 6. The SMILES string of the molecule is CCOc1ccc(S(=O)(=O)N(C)Cc2nn(C)c(Cl)c2Cl)cc1. The summed E-state index contributed by atoms with van der Waals surface area (Å²) in [5, 5.41) is 4.65. The van der Waals surface area contributed by atoms with Gasteiger partial charge in [0.2, 0.25) is 10.0 Å². The van der Waals surface area contributed by atoms with Crippen LogP contribution in [0.5, 0.6) is 5.75 Å². The van der Waals surface area contributed by atoms with E-state index in [0.717, 1.165) is 0 Å². The predicted octanol–water partition coefficient (Wildman–Crippen LogP) is 2.95. The quantitative estimate of drug-likeness (QED) is 0.775. The third-order valence-electron chi connectivity index (χ3n) is 3.20. The van der Waals surface area contributed by atoms with Crippen LogP contribution in [0.1, 0.15) is 12.6 Å². The summed E-state index contributed by atoms with van der Waals surface area (Å²) in [5.41, 5.74) is 0.399. The fraction of sp³-hybridized carbons (Fsp3) is 0.357. The molecule has 0 atom stereocenters. The first kappa shape index (κ1) is 18.1. The third kappa shape index (κ3) is 3.80. The smallest absolute Gasteiger partial charge is 0.243 e. The van der Waals surface area contributed by atoms with Crippen LogP contribution in [0.25, 0.3) is 0 Å². The van der Waals surface area contributed by atoms with Gasteiger partial charge in [-0.2, -0.15) is 9.40 Å². The number of nitrogens with zero attached hydrogens (tertiary/aromatic N) is 3. The minimum absolute atomic E-state index is 0.0228. The van der Waals surface area contributed by atoms with Crippen LogP contribution >= 0.6 is 23.2 Å². The molecule has 9 heteroatoms. The van der Waals surface area contributed by atoms with Crippen LogP contribution in [0.2, 0.25) is 10.2 Å². The maximum atomic E-state index is 12.6. The van der Waals surface area contributed by atoms with Crippen molar-refractivity contribution >= 4 is 33.2 Å². The first-order valence-corrected chi connectivity index (χ1v) is 9.03. The van der Waals surface area contributed by atoms with Gasteiger partial charge in [-0.1, -0.05) is 23.2 Å². The molecular weight excluding hydrogens is 361 g/mol. The Labute approximate surface area is 145 Å². The molecule has 0 saturated carbocycles. The molecule has 1 aromatic carbocycles. The molecule has 126 valence electrons. The van der Waals surface area contributed by atoms with E-state index < -0.39 is 10.0 Å². The number of hydrogen-bond donors (Lipinski definition) is 0. The fourth-order valence-electron chi connectivity index (χ4n) is 1.98. The molecule has 0 fully saturated rings. The number of sulfonamides is 1. The number of benzene rings is 1. The number of aromatic nitrogens is 2. The van der Waals surface area contributed by atoms with Crippen LogP contribution in [0.4, 0.5) is 0 Å². The number of halogens is 2. The molecule has 0 amide bonds. The van der Waals surface area contributed by atoms with E-state index in [9.17, 15) is 8.42 Å². The van der Waals surface area contributed by atoms with Gasteiger partial charge in [0.25, 0.3) is 0 Å². The molecule has 1 aromatic heterocycles. The van der Waals surface area contributed by atoms with E-state index in [1.807, 2.05) is 6.92 Å². The van der Waals surface area contributed by atoms with Gasteiger partial charge in [0, 0.05) is 14.1 Å². The lowest BCUT2D eigenvalue weighted by atomic mass is 10.3. The Hall–Kier alpha value is -1.28. The van der Waals surface area contributed by atoms with Crippen LogP contribution in [-0.4, -0.2) is 36.2 Å². The number of aryl methyl sites for hydroxylation is 1. The Balaban J connectivity index is 2.22. The van der Waals surface area contributed by atoms with E-state index in [4.69, 9.17) is 27.9 Å². The molecule has 0 spiro atoms. The lowest BCUT2D eigenvalue weighted by molar-refractivity contribution is 0.340. The predicted molar refractivity (Wildman–Crippen MR) is 89.5 cm³/mol. The summed E-state index contributed by atoms with van der Waals surface area (Å²) < 4.78 is 33.0. The zero-order valence-electron chi connectivity index (χ0n) is 13.0. The highest BCUT2D eigenvalue weighted by Gasteiger charge is 2.24. The zero-order chi connectivity index (χ0) is 17.2. The summed E-state index contributed by atoms with van der Waals surface area (Å²) in [5.74, 6) is 0.619. The van der Waals surface area contributed by atoms with Crippen LogP contribution in [-0.2, 0) is 23.6 Å². The van der Waals surface area contributed by atoms with Crippen molar-refractivity contribution in [1.29, 1.82) is 0 Å². The fourth-order valence-corrected chi connectivity index (χ4v) is 3.48. The van der Waals surface area contributed by atoms with Crippen molar-refractivity contribution in [3.8, 4) is 5.75 Å². The summed E-state index contributed by atoms with van der Waals surface area (Å²) in [4.78, 5) is 0.168. The number of hydrogen-bond acceptors (Lipinski definition) is 4.